The minimum absolute atomic E-state index is 0.459. The predicted octanol–water partition coefficient (Wildman–Crippen LogP) is 13.0. The number of hydrogen-bond donors (Lipinski definition) is 0. The molecule has 0 atom stereocenters. The van der Waals surface area contributed by atoms with Crippen molar-refractivity contribution in [3.8, 4) is 50.5 Å². The van der Waals surface area contributed by atoms with E-state index in [0.29, 0.717) is 0 Å². The summed E-state index contributed by atoms with van der Waals surface area (Å²) in [5.41, 5.74) is 16.9. The van der Waals surface area contributed by atoms with E-state index in [0.717, 1.165) is 28.1 Å². The Bertz CT molecular complexity index is 3120. The van der Waals surface area contributed by atoms with E-state index in [4.69, 9.17) is 4.98 Å². The molecule has 1 spiro atoms. The van der Waals surface area contributed by atoms with Crippen LogP contribution < -0.4 is 0 Å². The maximum atomic E-state index is 5.24. The fourth-order valence-electron chi connectivity index (χ4n) is 9.80. The third-order valence-electron chi connectivity index (χ3n) is 12.0. The smallest absolute Gasteiger partial charge is 0.145 e. The first-order chi connectivity index (χ1) is 26.8. The molecule has 2 aliphatic carbocycles. The van der Waals surface area contributed by atoms with Crippen LogP contribution in [0.25, 0.3) is 83.0 Å². The lowest BCUT2D eigenvalue weighted by Crippen LogP contribution is -2.26. The van der Waals surface area contributed by atoms with Crippen LogP contribution in [0, 0.1) is 0 Å². The first-order valence-electron chi connectivity index (χ1n) is 18.7. The van der Waals surface area contributed by atoms with Gasteiger partial charge in [0.1, 0.15) is 5.82 Å². The van der Waals surface area contributed by atoms with Gasteiger partial charge in [0.15, 0.2) is 0 Å². The number of aromatic nitrogens is 2. The molecule has 9 aromatic carbocycles. The van der Waals surface area contributed by atoms with Gasteiger partial charge in [-0.2, -0.15) is 0 Å². The first-order valence-corrected chi connectivity index (χ1v) is 18.7. The van der Waals surface area contributed by atoms with Crippen molar-refractivity contribution in [2.45, 2.75) is 5.41 Å². The number of nitrogens with zero attached hydrogens (tertiary/aromatic N) is 2. The highest BCUT2D eigenvalue weighted by Gasteiger charge is 2.52. The van der Waals surface area contributed by atoms with Crippen molar-refractivity contribution in [3.05, 3.63) is 216 Å². The largest absolute Gasteiger partial charge is 0.292 e. The number of rotatable bonds is 3. The van der Waals surface area contributed by atoms with Gasteiger partial charge in [-0.3, -0.25) is 4.57 Å². The maximum absolute atomic E-state index is 5.24. The average molecular weight is 685 g/mol. The third kappa shape index (κ3) is 3.87. The lowest BCUT2D eigenvalue weighted by Gasteiger charge is -2.31. The molecule has 1 heterocycles. The van der Waals surface area contributed by atoms with Gasteiger partial charge in [0.2, 0.25) is 0 Å². The molecule has 0 fully saturated rings. The summed E-state index contributed by atoms with van der Waals surface area (Å²) in [5, 5.41) is 5.06. The molecule has 0 aliphatic heterocycles. The summed E-state index contributed by atoms with van der Waals surface area (Å²) in [5.74, 6) is 0.934. The van der Waals surface area contributed by atoms with Gasteiger partial charge in [0, 0.05) is 11.3 Å². The van der Waals surface area contributed by atoms with E-state index in [-0.39, 0.29) is 0 Å². The van der Waals surface area contributed by atoms with Crippen LogP contribution in [-0.2, 0) is 5.41 Å². The van der Waals surface area contributed by atoms with Gasteiger partial charge >= 0.3 is 0 Å². The Hall–Kier alpha value is -7.03. The molecular formula is C52H32N2. The molecule has 0 radical (unpaired) electrons. The standard InChI is InChI=1S/C52H32N2/c1-2-19-37(20-3-1)54-49-28-13-12-27-48(49)53-51(54)36-18-14-17-35(29-36)42-32-47-50(41-24-7-6-21-38(41)42)43-30-33-15-4-5-16-34(33)31-46(43)52(47)44-25-10-8-22-39(44)40-23-9-11-26-45(40)52/h1-32H. The lowest BCUT2D eigenvalue weighted by atomic mass is 9.69. The monoisotopic (exact) mass is 684 g/mol. The Morgan fingerprint density at radius 2 is 1.02 bits per heavy atom. The van der Waals surface area contributed by atoms with E-state index >= 15 is 0 Å². The van der Waals surface area contributed by atoms with Gasteiger partial charge < -0.3 is 0 Å². The average Bonchev–Trinajstić information content (AvgIpc) is 3.87. The van der Waals surface area contributed by atoms with E-state index in [9.17, 15) is 0 Å². The van der Waals surface area contributed by atoms with Crippen LogP contribution >= 0.6 is 0 Å². The number of hydrogen-bond acceptors (Lipinski definition) is 1. The second-order valence-electron chi connectivity index (χ2n) is 14.7. The molecule has 12 rings (SSSR count). The molecule has 0 saturated heterocycles. The molecule has 54 heavy (non-hydrogen) atoms. The van der Waals surface area contributed by atoms with Crippen LogP contribution in [0.2, 0.25) is 0 Å². The molecule has 0 amide bonds. The van der Waals surface area contributed by atoms with Crippen LogP contribution in [0.4, 0.5) is 0 Å². The summed E-state index contributed by atoms with van der Waals surface area (Å²) < 4.78 is 2.29. The summed E-state index contributed by atoms with van der Waals surface area (Å²) in [6.07, 6.45) is 0. The zero-order chi connectivity index (χ0) is 35.4. The van der Waals surface area contributed by atoms with Crippen LogP contribution in [0.3, 0.4) is 0 Å². The molecule has 2 heteroatoms. The maximum Gasteiger partial charge on any atom is 0.145 e. The molecule has 2 aliphatic rings. The summed E-state index contributed by atoms with van der Waals surface area (Å²) in [4.78, 5) is 5.24. The van der Waals surface area contributed by atoms with Crippen molar-refractivity contribution in [2.75, 3.05) is 0 Å². The predicted molar refractivity (Wildman–Crippen MR) is 223 cm³/mol. The summed E-state index contributed by atoms with van der Waals surface area (Å²) in [6, 6.07) is 71.5. The minimum atomic E-state index is -0.459. The highest BCUT2D eigenvalue weighted by molar-refractivity contribution is 6.12. The van der Waals surface area contributed by atoms with Crippen molar-refractivity contribution in [2.24, 2.45) is 0 Å². The van der Waals surface area contributed by atoms with E-state index in [2.05, 4.69) is 199 Å². The van der Waals surface area contributed by atoms with Crippen LogP contribution in [0.15, 0.2) is 194 Å². The highest BCUT2D eigenvalue weighted by Crippen LogP contribution is 2.64. The van der Waals surface area contributed by atoms with Gasteiger partial charge in [-0.1, -0.05) is 146 Å². The Balaban J connectivity index is 1.17. The van der Waals surface area contributed by atoms with Crippen molar-refractivity contribution in [1.29, 1.82) is 0 Å². The number of imidazole rings is 1. The Morgan fingerprint density at radius 1 is 0.389 bits per heavy atom. The van der Waals surface area contributed by atoms with E-state index in [1.807, 2.05) is 0 Å². The van der Waals surface area contributed by atoms with Crippen molar-refractivity contribution < 1.29 is 0 Å². The zero-order valence-electron chi connectivity index (χ0n) is 29.4. The van der Waals surface area contributed by atoms with Crippen LogP contribution in [-0.4, -0.2) is 9.55 Å². The van der Waals surface area contributed by atoms with Gasteiger partial charge in [-0.05, 0) is 126 Å². The topological polar surface area (TPSA) is 17.8 Å². The second kappa shape index (κ2) is 11.0. The quantitative estimate of drug-likeness (QED) is 0.181. The van der Waals surface area contributed by atoms with Gasteiger partial charge in [-0.25, -0.2) is 4.98 Å². The van der Waals surface area contributed by atoms with Gasteiger partial charge in [0.05, 0.1) is 16.4 Å². The second-order valence-corrected chi connectivity index (χ2v) is 14.7. The molecule has 10 aromatic rings. The number of benzene rings is 9. The fourth-order valence-corrected chi connectivity index (χ4v) is 9.80. The van der Waals surface area contributed by atoms with Crippen LogP contribution in [0.1, 0.15) is 22.3 Å². The van der Waals surface area contributed by atoms with Crippen molar-refractivity contribution in [1.82, 2.24) is 9.55 Å². The normalized spacial score (nSPS) is 13.3. The van der Waals surface area contributed by atoms with E-state index in [1.54, 1.807) is 0 Å². The molecule has 250 valence electrons. The summed E-state index contributed by atoms with van der Waals surface area (Å²) in [7, 11) is 0. The zero-order valence-corrected chi connectivity index (χ0v) is 29.4. The molecule has 1 aromatic heterocycles. The number of para-hydroxylation sites is 3. The van der Waals surface area contributed by atoms with E-state index in [1.165, 1.54) is 77.2 Å². The summed E-state index contributed by atoms with van der Waals surface area (Å²) in [6.45, 7) is 0. The fraction of sp³-hybridized carbons (Fsp3) is 0.0192. The lowest BCUT2D eigenvalue weighted by molar-refractivity contribution is 0.796. The molecular weight excluding hydrogens is 653 g/mol. The third-order valence-corrected chi connectivity index (χ3v) is 12.0. The molecule has 0 N–H and O–H groups in total. The van der Waals surface area contributed by atoms with Crippen molar-refractivity contribution in [3.63, 3.8) is 0 Å². The molecule has 0 bridgehead atoms. The number of fused-ring (bicyclic) bond motifs is 14. The molecule has 0 saturated carbocycles. The Kier molecular flexibility index (Phi) is 6.01. The Morgan fingerprint density at radius 3 is 1.81 bits per heavy atom. The van der Waals surface area contributed by atoms with Gasteiger partial charge in [0.25, 0.3) is 0 Å². The van der Waals surface area contributed by atoms with Crippen LogP contribution in [0.5, 0.6) is 0 Å². The van der Waals surface area contributed by atoms with Gasteiger partial charge in [-0.15, -0.1) is 0 Å². The van der Waals surface area contributed by atoms with E-state index < -0.39 is 5.41 Å². The first kappa shape index (κ1) is 29.5. The minimum Gasteiger partial charge on any atom is -0.292 e. The highest BCUT2D eigenvalue weighted by atomic mass is 15.1. The molecule has 2 nitrogen and oxygen atoms in total. The SMILES string of the molecule is c1ccc(-n2c(-c3cccc(-c4cc5c(c6ccccc46)-c4cc6ccccc6cc4C54c5ccccc5-c5ccccc54)c3)nc3ccccc32)cc1. The molecule has 0 unspecified atom stereocenters. The van der Waals surface area contributed by atoms with Crippen molar-refractivity contribution >= 4 is 32.6 Å². The summed E-state index contributed by atoms with van der Waals surface area (Å²) >= 11 is 0. The Labute approximate surface area is 313 Å².